The number of carbonyl (C=O) groups excluding carboxylic acids is 1. The van der Waals surface area contributed by atoms with Crippen LogP contribution in [0.15, 0.2) is 59.5 Å². The van der Waals surface area contributed by atoms with Crippen LogP contribution in [0.25, 0.3) is 22.2 Å². The number of sulfonamides is 1. The number of aryl methyl sites for hydroxylation is 1. The maximum atomic E-state index is 13.4. The smallest absolute Gasteiger partial charge is 0.254 e. The fraction of sp³-hybridized carbons (Fsp3) is 0.231. The van der Waals surface area contributed by atoms with E-state index in [1.165, 1.54) is 32.3 Å². The highest BCUT2D eigenvalue weighted by atomic mass is 35.5. The van der Waals surface area contributed by atoms with Crippen LogP contribution in [0, 0.1) is 6.92 Å². The zero-order valence-corrected chi connectivity index (χ0v) is 21.7. The van der Waals surface area contributed by atoms with E-state index in [1.807, 2.05) is 37.3 Å². The lowest BCUT2D eigenvalue weighted by molar-refractivity contribution is 0.0733. The first-order chi connectivity index (χ1) is 17.1. The second-order valence-corrected chi connectivity index (χ2v) is 11.4. The normalized spacial score (nSPS) is 14.0. The van der Waals surface area contributed by atoms with E-state index in [4.69, 9.17) is 16.3 Å². The summed E-state index contributed by atoms with van der Waals surface area (Å²) in [6.45, 7) is 3.01. The van der Waals surface area contributed by atoms with E-state index in [0.717, 1.165) is 43.6 Å². The van der Waals surface area contributed by atoms with Crippen LogP contribution in [-0.2, 0) is 16.6 Å². The third kappa shape index (κ3) is 4.45. The molecule has 1 N–H and O–H groups in total. The number of halogens is 1. The Kier molecular flexibility index (Phi) is 6.23. The van der Waals surface area contributed by atoms with Gasteiger partial charge < -0.3 is 14.6 Å². The minimum absolute atomic E-state index is 0.00717. The van der Waals surface area contributed by atoms with Gasteiger partial charge in [0.05, 0.1) is 22.6 Å². The van der Waals surface area contributed by atoms with Crippen molar-refractivity contribution in [3.8, 4) is 16.9 Å². The maximum Gasteiger partial charge on any atom is 0.254 e. The van der Waals surface area contributed by atoms with E-state index in [9.17, 15) is 13.2 Å². The van der Waals surface area contributed by atoms with E-state index < -0.39 is 10.0 Å². The molecule has 1 aliphatic rings. The molecule has 4 aromatic rings. The predicted molar refractivity (Wildman–Crippen MR) is 139 cm³/mol. The molecule has 3 aromatic carbocycles. The van der Waals surface area contributed by atoms with E-state index in [2.05, 4.69) is 16.0 Å². The summed E-state index contributed by atoms with van der Waals surface area (Å²) in [4.78, 5) is 22.7. The van der Waals surface area contributed by atoms with E-state index in [0.29, 0.717) is 25.3 Å². The molecular weight excluding hydrogens is 500 g/mol. The molecule has 36 heavy (non-hydrogen) atoms. The van der Waals surface area contributed by atoms with Gasteiger partial charge in [0, 0.05) is 31.8 Å². The lowest BCUT2D eigenvalue weighted by atomic mass is 10.0. The van der Waals surface area contributed by atoms with Crippen molar-refractivity contribution in [3.63, 3.8) is 0 Å². The highest BCUT2D eigenvalue weighted by Gasteiger charge is 2.25. The molecule has 0 fully saturated rings. The Morgan fingerprint density at radius 3 is 2.58 bits per heavy atom. The zero-order valence-electron chi connectivity index (χ0n) is 20.1. The first-order valence-electron chi connectivity index (χ1n) is 11.4. The molecule has 8 nitrogen and oxygen atoms in total. The Morgan fingerprint density at radius 2 is 1.83 bits per heavy atom. The molecule has 0 saturated heterocycles. The van der Waals surface area contributed by atoms with Gasteiger partial charge in [0.2, 0.25) is 10.0 Å². The van der Waals surface area contributed by atoms with E-state index >= 15 is 0 Å². The number of ether oxygens (including phenoxy) is 1. The first kappa shape index (κ1) is 24.3. The number of fused-ring (bicyclic) bond motifs is 2. The van der Waals surface area contributed by atoms with Crippen molar-refractivity contribution in [3.05, 3.63) is 76.6 Å². The zero-order chi connectivity index (χ0) is 25.6. The van der Waals surface area contributed by atoms with Gasteiger partial charge in [-0.2, -0.15) is 0 Å². The van der Waals surface area contributed by atoms with Crippen LogP contribution < -0.4 is 4.74 Å². The molecule has 5 rings (SSSR count). The van der Waals surface area contributed by atoms with Crippen LogP contribution in [0.5, 0.6) is 5.75 Å². The molecule has 1 amide bonds. The van der Waals surface area contributed by atoms with Crippen LogP contribution in [0.3, 0.4) is 0 Å². The van der Waals surface area contributed by atoms with Gasteiger partial charge in [-0.3, -0.25) is 4.79 Å². The van der Waals surface area contributed by atoms with Gasteiger partial charge >= 0.3 is 0 Å². The standard InChI is InChI=1S/C26H25ClN4O4S/c1-16-28-22-7-4-18(14-23(22)29-16)17-5-8-24-20(12-17)15-31(10-11-35-24)26(32)19-6-9-25(21(27)13-19)36(33,34)30(2)3/h4-9,12-14H,10-11,15H2,1-3H3,(H,28,29). The summed E-state index contributed by atoms with van der Waals surface area (Å²) in [5.41, 5.74) is 5.11. The van der Waals surface area contributed by atoms with Crippen molar-refractivity contribution in [2.45, 2.75) is 18.4 Å². The first-order valence-corrected chi connectivity index (χ1v) is 13.2. The monoisotopic (exact) mass is 524 g/mol. The van der Waals surface area contributed by atoms with Gasteiger partial charge in [-0.15, -0.1) is 0 Å². The Labute approximate surface area is 214 Å². The van der Waals surface area contributed by atoms with E-state index in [-0.39, 0.29) is 15.8 Å². The van der Waals surface area contributed by atoms with Gasteiger partial charge in [-0.1, -0.05) is 23.7 Å². The number of amides is 1. The summed E-state index contributed by atoms with van der Waals surface area (Å²) >= 11 is 6.28. The number of imidazole rings is 1. The van der Waals surface area contributed by atoms with Gasteiger partial charge in [-0.25, -0.2) is 17.7 Å². The lowest BCUT2D eigenvalue weighted by Crippen LogP contribution is -2.32. The maximum absolute atomic E-state index is 13.4. The third-order valence-corrected chi connectivity index (χ3v) is 8.50. The lowest BCUT2D eigenvalue weighted by Gasteiger charge is -2.21. The highest BCUT2D eigenvalue weighted by molar-refractivity contribution is 7.89. The minimum Gasteiger partial charge on any atom is -0.491 e. The molecule has 0 spiro atoms. The second kappa shape index (κ2) is 9.24. The molecule has 0 radical (unpaired) electrons. The van der Waals surface area contributed by atoms with E-state index in [1.54, 1.807) is 4.90 Å². The number of H-pyrrole nitrogens is 1. The van der Waals surface area contributed by atoms with Crippen LogP contribution in [-0.4, -0.2) is 60.7 Å². The number of benzene rings is 3. The number of aromatic amines is 1. The molecule has 0 aliphatic carbocycles. The van der Waals surface area contributed by atoms with Gasteiger partial charge in [0.25, 0.3) is 5.91 Å². The number of hydrogen-bond acceptors (Lipinski definition) is 5. The van der Waals surface area contributed by atoms with Crippen LogP contribution in [0.2, 0.25) is 5.02 Å². The number of nitrogens with one attached hydrogen (secondary N) is 1. The second-order valence-electron chi connectivity index (χ2n) is 8.88. The third-order valence-electron chi connectivity index (χ3n) is 6.20. The predicted octanol–water partition coefficient (Wildman–Crippen LogP) is 4.48. The molecule has 186 valence electrons. The molecule has 0 bridgehead atoms. The average Bonchev–Trinajstić information content (AvgIpc) is 3.08. The number of aromatic nitrogens is 2. The summed E-state index contributed by atoms with van der Waals surface area (Å²) in [6.07, 6.45) is 0. The Morgan fingerprint density at radius 1 is 1.08 bits per heavy atom. The molecule has 0 atom stereocenters. The Bertz CT molecular complexity index is 1600. The highest BCUT2D eigenvalue weighted by Crippen LogP contribution is 2.32. The van der Waals surface area contributed by atoms with Gasteiger partial charge in [-0.05, 0) is 60.5 Å². The largest absolute Gasteiger partial charge is 0.491 e. The molecular formula is C26H25ClN4O4S. The molecule has 1 aromatic heterocycles. The number of carbonyl (C=O) groups is 1. The molecule has 2 heterocycles. The molecule has 10 heteroatoms. The van der Waals surface area contributed by atoms with Crippen molar-refractivity contribution >= 4 is 38.6 Å². The summed E-state index contributed by atoms with van der Waals surface area (Å²) in [5.74, 6) is 1.35. The fourth-order valence-electron chi connectivity index (χ4n) is 4.29. The summed E-state index contributed by atoms with van der Waals surface area (Å²) in [5, 5.41) is 0.00717. The van der Waals surface area contributed by atoms with Crippen molar-refractivity contribution in [1.82, 2.24) is 19.2 Å². The number of hydrogen-bond donors (Lipinski definition) is 1. The number of nitrogens with zero attached hydrogens (tertiary/aromatic N) is 3. The van der Waals surface area contributed by atoms with Gasteiger partial charge in [0.15, 0.2) is 0 Å². The van der Waals surface area contributed by atoms with Gasteiger partial charge in [0.1, 0.15) is 23.1 Å². The van der Waals surface area contributed by atoms with Crippen molar-refractivity contribution in [2.75, 3.05) is 27.2 Å². The Balaban J connectivity index is 1.43. The Hall–Kier alpha value is -3.40. The molecule has 0 saturated carbocycles. The fourth-order valence-corrected chi connectivity index (χ4v) is 5.70. The summed E-state index contributed by atoms with van der Waals surface area (Å²) in [6, 6.07) is 16.3. The SMILES string of the molecule is Cc1nc2ccc(-c3ccc4c(c3)CN(C(=O)c3ccc(S(=O)(=O)N(C)C)c(Cl)c3)CCO4)cc2[nH]1. The van der Waals surface area contributed by atoms with Crippen LogP contribution >= 0.6 is 11.6 Å². The van der Waals surface area contributed by atoms with Crippen LogP contribution in [0.1, 0.15) is 21.7 Å². The average molecular weight is 525 g/mol. The van der Waals surface area contributed by atoms with Crippen molar-refractivity contribution < 1.29 is 17.9 Å². The molecule has 0 unspecified atom stereocenters. The quantitative estimate of drug-likeness (QED) is 0.425. The minimum atomic E-state index is -3.71. The van der Waals surface area contributed by atoms with Crippen molar-refractivity contribution in [1.29, 1.82) is 0 Å². The topological polar surface area (TPSA) is 95.6 Å². The summed E-state index contributed by atoms with van der Waals surface area (Å²) in [7, 11) is -0.849. The van der Waals surface area contributed by atoms with Crippen LogP contribution in [0.4, 0.5) is 0 Å². The summed E-state index contributed by atoms with van der Waals surface area (Å²) < 4.78 is 31.9. The number of rotatable bonds is 4. The van der Waals surface area contributed by atoms with Crippen molar-refractivity contribution in [2.24, 2.45) is 0 Å². The molecule has 1 aliphatic heterocycles.